The van der Waals surface area contributed by atoms with Crippen LogP contribution in [0.2, 0.25) is 0 Å². The van der Waals surface area contributed by atoms with Gasteiger partial charge in [0.15, 0.2) is 0 Å². The molecule has 0 spiro atoms. The Labute approximate surface area is 130 Å². The van der Waals surface area contributed by atoms with Gasteiger partial charge in [-0.15, -0.1) is 12.6 Å². The van der Waals surface area contributed by atoms with E-state index < -0.39 is 31.0 Å². The zero-order valence-electron chi connectivity index (χ0n) is 9.47. The van der Waals surface area contributed by atoms with Gasteiger partial charge in [-0.3, -0.25) is 0 Å². The molecule has 11 heteroatoms. The largest absolute Gasteiger partial charge is 0.394 e. The van der Waals surface area contributed by atoms with Gasteiger partial charge in [0.25, 0.3) is 0 Å². The number of rotatable bonds is 5. The fourth-order valence-electron chi connectivity index (χ4n) is 0.703. The molecule has 0 amide bonds. The number of aliphatic hydroxyl groups is 5. The molecule has 0 aromatic carbocycles. The minimum absolute atomic E-state index is 0. The number of thiocarbonyl (C=S) groups is 1. The lowest BCUT2D eigenvalue weighted by atomic mass is 10.0. The zero-order chi connectivity index (χ0) is 13.3. The van der Waals surface area contributed by atoms with Crippen molar-refractivity contribution in [3.8, 4) is 0 Å². The molecule has 0 aromatic rings. The van der Waals surface area contributed by atoms with Gasteiger partial charge < -0.3 is 37.0 Å². The minimum atomic E-state index is -1.59. The topological polar surface area (TPSA) is 153 Å². The molecule has 0 unspecified atom stereocenters. The molecule has 114 valence electrons. The van der Waals surface area contributed by atoms with Crippen LogP contribution in [0, 0.1) is 0 Å². The molecule has 0 aliphatic heterocycles. The smallest absolute Gasteiger partial charge is 0.128 e. The van der Waals surface area contributed by atoms with E-state index in [1.165, 1.54) is 0 Å². The molecule has 0 saturated heterocycles. The van der Waals surface area contributed by atoms with Gasteiger partial charge in [-0.2, -0.15) is 27.0 Å². The predicted octanol–water partition coefficient (Wildman–Crippen LogP) is -3.23. The molecule has 0 fully saturated rings. The second-order valence-corrected chi connectivity index (χ2v) is 4.10. The third kappa shape index (κ3) is 14.8. The van der Waals surface area contributed by atoms with Gasteiger partial charge in [0, 0.05) is 6.54 Å². The number of aliphatic hydroxyl groups excluding tert-OH is 5. The summed E-state index contributed by atoms with van der Waals surface area (Å²) in [5.74, 6) is 0. The molecule has 0 bridgehead atoms. The van der Waals surface area contributed by atoms with Crippen molar-refractivity contribution < 1.29 is 25.5 Å². The van der Waals surface area contributed by atoms with E-state index in [9.17, 15) is 0 Å². The van der Waals surface area contributed by atoms with Gasteiger partial charge in [-0.1, -0.05) is 12.2 Å². The summed E-state index contributed by atoms with van der Waals surface area (Å²) in [6.45, 7) is -0.911. The molecular formula is C7H22N2O5S4. The normalized spacial score (nSPS) is 15.7. The number of hydrogen-bond acceptors (Lipinski definition) is 7. The van der Waals surface area contributed by atoms with Gasteiger partial charge in [0.05, 0.1) is 12.7 Å². The van der Waals surface area contributed by atoms with E-state index in [0.717, 1.165) is 0 Å². The summed E-state index contributed by atoms with van der Waals surface area (Å²) in [5, 5.41) is 44.2. The molecule has 0 aromatic heterocycles. The van der Waals surface area contributed by atoms with Gasteiger partial charge in [0.1, 0.15) is 22.6 Å². The van der Waals surface area contributed by atoms with Crippen molar-refractivity contribution in [2.45, 2.75) is 24.4 Å². The van der Waals surface area contributed by atoms with Crippen molar-refractivity contribution in [2.75, 3.05) is 13.2 Å². The SMILES string of the molecule is NC(=S)S.NC[C@H](O)[C@@H](O)[C@H](O)[C@H](O)CO.S.S. The Morgan fingerprint density at radius 2 is 1.33 bits per heavy atom. The van der Waals surface area contributed by atoms with E-state index in [1.54, 1.807) is 0 Å². The lowest BCUT2D eigenvalue weighted by Crippen LogP contribution is -2.48. The summed E-state index contributed by atoms with van der Waals surface area (Å²) in [5.41, 5.74) is 9.69. The van der Waals surface area contributed by atoms with Gasteiger partial charge in [0.2, 0.25) is 0 Å². The van der Waals surface area contributed by atoms with Crippen molar-refractivity contribution in [3.05, 3.63) is 0 Å². The lowest BCUT2D eigenvalue weighted by molar-refractivity contribution is -0.112. The van der Waals surface area contributed by atoms with Crippen LogP contribution >= 0.6 is 51.8 Å². The molecule has 0 rings (SSSR count). The maximum Gasteiger partial charge on any atom is 0.128 e. The molecule has 9 N–H and O–H groups in total. The van der Waals surface area contributed by atoms with Crippen molar-refractivity contribution >= 4 is 56.2 Å². The Balaban J connectivity index is -0.000000143. The van der Waals surface area contributed by atoms with Gasteiger partial charge >= 0.3 is 0 Å². The summed E-state index contributed by atoms with van der Waals surface area (Å²) in [7, 11) is 0. The van der Waals surface area contributed by atoms with Crippen LogP contribution in [0.5, 0.6) is 0 Å². The van der Waals surface area contributed by atoms with E-state index >= 15 is 0 Å². The fraction of sp³-hybridized carbons (Fsp3) is 0.857. The van der Waals surface area contributed by atoms with Crippen LogP contribution in [0.15, 0.2) is 0 Å². The summed E-state index contributed by atoms with van der Waals surface area (Å²) in [4.78, 5) is 0. The molecule has 18 heavy (non-hydrogen) atoms. The molecule has 7 nitrogen and oxygen atoms in total. The highest BCUT2D eigenvalue weighted by molar-refractivity contribution is 8.10. The Morgan fingerprint density at radius 3 is 1.56 bits per heavy atom. The highest BCUT2D eigenvalue weighted by atomic mass is 32.1. The summed E-state index contributed by atoms with van der Waals surface area (Å²) < 4.78 is 0.194. The van der Waals surface area contributed by atoms with Crippen LogP contribution in [0.3, 0.4) is 0 Å². The van der Waals surface area contributed by atoms with Crippen LogP contribution in [0.4, 0.5) is 0 Å². The summed E-state index contributed by atoms with van der Waals surface area (Å²) >= 11 is 7.65. The first kappa shape index (κ1) is 27.1. The standard InChI is InChI=1S/C6H15NO5.CH3NS2.2H2S/c7-1-3(9)5(11)6(12)4(10)2-8;2-1(3)4;;/h3-6,8-12H,1-2,7H2;(H3,2,3,4);2*1H2/t3-,4+,5+,6+;;;/m0.../s1. The average molecular weight is 343 g/mol. The van der Waals surface area contributed by atoms with E-state index in [2.05, 4.69) is 24.8 Å². The van der Waals surface area contributed by atoms with E-state index in [-0.39, 0.29) is 37.9 Å². The van der Waals surface area contributed by atoms with E-state index in [0.29, 0.717) is 0 Å². The molecule has 0 radical (unpaired) electrons. The molecule has 0 heterocycles. The monoisotopic (exact) mass is 342 g/mol. The second kappa shape index (κ2) is 15.8. The Morgan fingerprint density at radius 1 is 1.06 bits per heavy atom. The Kier molecular flexibility index (Phi) is 23.7. The third-order valence-corrected chi connectivity index (χ3v) is 1.57. The van der Waals surface area contributed by atoms with Crippen LogP contribution in [-0.2, 0) is 0 Å². The Hall–Kier alpha value is 0.700. The van der Waals surface area contributed by atoms with Crippen molar-refractivity contribution in [1.29, 1.82) is 0 Å². The minimum Gasteiger partial charge on any atom is -0.394 e. The predicted molar refractivity (Wildman–Crippen MR) is 86.7 cm³/mol. The molecule has 0 aliphatic rings. The van der Waals surface area contributed by atoms with Crippen molar-refractivity contribution in [3.63, 3.8) is 0 Å². The van der Waals surface area contributed by atoms with Crippen LogP contribution in [-0.4, -0.2) is 67.4 Å². The van der Waals surface area contributed by atoms with Crippen molar-refractivity contribution in [1.82, 2.24) is 0 Å². The molecule has 0 saturated carbocycles. The maximum absolute atomic E-state index is 9.04. The first-order valence-corrected chi connectivity index (χ1v) is 5.15. The van der Waals surface area contributed by atoms with Crippen molar-refractivity contribution in [2.24, 2.45) is 11.5 Å². The van der Waals surface area contributed by atoms with E-state index in [4.69, 9.17) is 37.0 Å². The van der Waals surface area contributed by atoms with E-state index in [1.807, 2.05) is 0 Å². The molecule has 4 atom stereocenters. The average Bonchev–Trinajstić information content (AvgIpc) is 2.24. The fourth-order valence-corrected chi connectivity index (χ4v) is 0.703. The Bertz CT molecular complexity index is 185. The van der Waals surface area contributed by atoms with Crippen LogP contribution in [0.1, 0.15) is 0 Å². The quantitative estimate of drug-likeness (QED) is 0.192. The lowest BCUT2D eigenvalue weighted by Gasteiger charge is -2.24. The first-order valence-electron chi connectivity index (χ1n) is 4.29. The summed E-state index contributed by atoms with van der Waals surface area (Å²) in [6.07, 6.45) is -5.91. The van der Waals surface area contributed by atoms with Crippen LogP contribution < -0.4 is 11.5 Å². The second-order valence-electron chi connectivity index (χ2n) is 2.87. The van der Waals surface area contributed by atoms with Gasteiger partial charge in [-0.25, -0.2) is 0 Å². The molecular weight excluding hydrogens is 320 g/mol. The van der Waals surface area contributed by atoms with Crippen LogP contribution in [0.25, 0.3) is 0 Å². The highest BCUT2D eigenvalue weighted by Crippen LogP contribution is 2.03. The number of thiol groups is 1. The molecule has 0 aliphatic carbocycles. The van der Waals surface area contributed by atoms with Gasteiger partial charge in [-0.05, 0) is 0 Å². The first-order chi connectivity index (χ1) is 7.27. The summed E-state index contributed by atoms with van der Waals surface area (Å²) in [6, 6.07) is 0. The zero-order valence-corrected chi connectivity index (χ0v) is 13.2. The third-order valence-electron chi connectivity index (χ3n) is 1.57. The number of nitrogens with two attached hydrogens (primary N) is 2. The number of hydrogen-bond donors (Lipinski definition) is 8. The maximum atomic E-state index is 9.04. The highest BCUT2D eigenvalue weighted by Gasteiger charge is 2.28.